The zero-order chi connectivity index (χ0) is 8.67. The van der Waals surface area contributed by atoms with Crippen LogP contribution in [0.5, 0.6) is 0 Å². The van der Waals surface area contributed by atoms with Crippen molar-refractivity contribution in [3.05, 3.63) is 31.1 Å². The van der Waals surface area contributed by atoms with Gasteiger partial charge in [-0.25, -0.2) is 15.0 Å². The highest BCUT2D eigenvalue weighted by Gasteiger charge is 2.01. The largest absolute Gasteiger partial charge is 0.443 e. The molecule has 1 aromatic carbocycles. The predicted octanol–water partition coefficient (Wildman–Crippen LogP) is 1.77. The smallest absolute Gasteiger partial charge is 0.181 e. The SMILES string of the molecule is c1ncc2cc3ncoc3cc2n1. The second kappa shape index (κ2) is 2.26. The van der Waals surface area contributed by atoms with Gasteiger partial charge in [-0.2, -0.15) is 0 Å². The van der Waals surface area contributed by atoms with E-state index in [4.69, 9.17) is 4.42 Å². The van der Waals surface area contributed by atoms with Crippen LogP contribution < -0.4 is 0 Å². The fourth-order valence-electron chi connectivity index (χ4n) is 1.33. The van der Waals surface area contributed by atoms with Gasteiger partial charge >= 0.3 is 0 Å². The minimum Gasteiger partial charge on any atom is -0.443 e. The molecule has 0 bridgehead atoms. The van der Waals surface area contributed by atoms with Gasteiger partial charge in [0.2, 0.25) is 0 Å². The number of fused-ring (bicyclic) bond motifs is 2. The van der Waals surface area contributed by atoms with E-state index in [0.29, 0.717) is 0 Å². The van der Waals surface area contributed by atoms with Crippen LogP contribution in [-0.2, 0) is 0 Å². The number of hydrogen-bond donors (Lipinski definition) is 0. The van der Waals surface area contributed by atoms with Gasteiger partial charge in [-0.05, 0) is 6.07 Å². The molecule has 13 heavy (non-hydrogen) atoms. The van der Waals surface area contributed by atoms with Gasteiger partial charge < -0.3 is 4.42 Å². The molecule has 0 amide bonds. The van der Waals surface area contributed by atoms with Crippen LogP contribution >= 0.6 is 0 Å². The van der Waals surface area contributed by atoms with E-state index in [1.807, 2.05) is 12.1 Å². The summed E-state index contributed by atoms with van der Waals surface area (Å²) >= 11 is 0. The molecule has 0 saturated carbocycles. The van der Waals surface area contributed by atoms with Crippen molar-refractivity contribution < 1.29 is 4.42 Å². The summed E-state index contributed by atoms with van der Waals surface area (Å²) in [6.45, 7) is 0. The summed E-state index contributed by atoms with van der Waals surface area (Å²) in [6, 6.07) is 3.77. The van der Waals surface area contributed by atoms with Crippen LogP contribution in [0, 0.1) is 0 Å². The lowest BCUT2D eigenvalue weighted by Crippen LogP contribution is -1.80. The Morgan fingerprint density at radius 3 is 3.08 bits per heavy atom. The van der Waals surface area contributed by atoms with E-state index in [-0.39, 0.29) is 0 Å². The Balaban J connectivity index is 2.57. The maximum atomic E-state index is 5.15. The predicted molar refractivity (Wildman–Crippen MR) is 47.1 cm³/mol. The van der Waals surface area contributed by atoms with Gasteiger partial charge in [0, 0.05) is 17.6 Å². The molecule has 4 nitrogen and oxygen atoms in total. The van der Waals surface area contributed by atoms with Gasteiger partial charge in [0.1, 0.15) is 11.8 Å². The maximum absolute atomic E-state index is 5.15. The van der Waals surface area contributed by atoms with Gasteiger partial charge in [-0.3, -0.25) is 0 Å². The van der Waals surface area contributed by atoms with Gasteiger partial charge in [-0.1, -0.05) is 0 Å². The lowest BCUT2D eigenvalue weighted by molar-refractivity contribution is 0.602. The van der Waals surface area contributed by atoms with Crippen LogP contribution in [0.4, 0.5) is 0 Å². The van der Waals surface area contributed by atoms with Crippen molar-refractivity contribution in [2.45, 2.75) is 0 Å². The van der Waals surface area contributed by atoms with Crippen LogP contribution in [0.25, 0.3) is 22.0 Å². The van der Waals surface area contributed by atoms with Crippen LogP contribution in [0.15, 0.2) is 35.5 Å². The van der Waals surface area contributed by atoms with E-state index < -0.39 is 0 Å². The third-order valence-corrected chi connectivity index (χ3v) is 1.96. The molecule has 0 unspecified atom stereocenters. The van der Waals surface area contributed by atoms with E-state index in [2.05, 4.69) is 15.0 Å². The lowest BCUT2D eigenvalue weighted by Gasteiger charge is -1.93. The molecule has 0 radical (unpaired) electrons. The van der Waals surface area contributed by atoms with Crippen molar-refractivity contribution in [3.63, 3.8) is 0 Å². The zero-order valence-corrected chi connectivity index (χ0v) is 6.64. The second-order valence-corrected chi connectivity index (χ2v) is 2.75. The van der Waals surface area contributed by atoms with Crippen LogP contribution in [0.1, 0.15) is 0 Å². The average molecular weight is 171 g/mol. The quantitative estimate of drug-likeness (QED) is 0.517. The first-order chi connectivity index (χ1) is 6.43. The zero-order valence-electron chi connectivity index (χ0n) is 6.64. The molecule has 0 atom stereocenters. The van der Waals surface area contributed by atoms with Gasteiger partial charge in [0.25, 0.3) is 0 Å². The van der Waals surface area contributed by atoms with E-state index in [9.17, 15) is 0 Å². The molecule has 3 aromatic rings. The van der Waals surface area contributed by atoms with E-state index >= 15 is 0 Å². The molecule has 0 fully saturated rings. The molecular weight excluding hydrogens is 166 g/mol. The molecule has 0 aliphatic rings. The molecular formula is C9H5N3O. The Labute approximate surface area is 73.2 Å². The summed E-state index contributed by atoms with van der Waals surface area (Å²) in [7, 11) is 0. The number of benzene rings is 1. The molecule has 2 aromatic heterocycles. The molecule has 0 aliphatic heterocycles. The minimum absolute atomic E-state index is 0.756. The molecule has 62 valence electrons. The number of hydrogen-bond acceptors (Lipinski definition) is 4. The molecule has 0 saturated heterocycles. The summed E-state index contributed by atoms with van der Waals surface area (Å²) in [6.07, 6.45) is 4.71. The molecule has 0 aliphatic carbocycles. The molecule has 0 spiro atoms. The highest BCUT2D eigenvalue weighted by molar-refractivity contribution is 5.91. The Morgan fingerprint density at radius 2 is 2.08 bits per heavy atom. The summed E-state index contributed by atoms with van der Waals surface area (Å²) in [5, 5.41) is 0.976. The first-order valence-electron chi connectivity index (χ1n) is 3.86. The topological polar surface area (TPSA) is 51.8 Å². The number of oxazole rings is 1. The molecule has 4 heteroatoms. The normalized spacial score (nSPS) is 11.1. The molecule has 0 N–H and O–H groups in total. The van der Waals surface area contributed by atoms with Crippen molar-refractivity contribution in [2.75, 3.05) is 0 Å². The first kappa shape index (κ1) is 6.54. The standard InChI is InChI=1S/C9H5N3O/c1-6-3-10-4-11-7(6)2-9-8(1)12-5-13-9/h1-5H. The Bertz CT molecular complexity index is 523. The van der Waals surface area contributed by atoms with Crippen LogP contribution in [0.3, 0.4) is 0 Å². The number of nitrogens with zero attached hydrogens (tertiary/aromatic N) is 3. The van der Waals surface area contributed by atoms with Crippen LogP contribution in [0.2, 0.25) is 0 Å². The third-order valence-electron chi connectivity index (χ3n) is 1.96. The summed E-state index contributed by atoms with van der Waals surface area (Å²) in [5.41, 5.74) is 2.47. The van der Waals surface area contributed by atoms with Gasteiger partial charge in [-0.15, -0.1) is 0 Å². The summed E-state index contributed by atoms with van der Waals surface area (Å²) in [5.74, 6) is 0. The third kappa shape index (κ3) is 0.885. The Hall–Kier alpha value is -1.97. The highest BCUT2D eigenvalue weighted by atomic mass is 16.3. The van der Waals surface area contributed by atoms with Crippen LogP contribution in [-0.4, -0.2) is 15.0 Å². The van der Waals surface area contributed by atoms with Crippen molar-refractivity contribution in [1.29, 1.82) is 0 Å². The molecule has 2 heterocycles. The number of rotatable bonds is 0. The van der Waals surface area contributed by atoms with Crippen molar-refractivity contribution >= 4 is 22.0 Å². The molecule has 3 rings (SSSR count). The lowest BCUT2D eigenvalue weighted by atomic mass is 10.2. The van der Waals surface area contributed by atoms with Gasteiger partial charge in [0.15, 0.2) is 12.0 Å². The van der Waals surface area contributed by atoms with Crippen molar-refractivity contribution in [2.24, 2.45) is 0 Å². The average Bonchev–Trinajstić information content (AvgIpc) is 2.61. The fourth-order valence-corrected chi connectivity index (χ4v) is 1.33. The summed E-state index contributed by atoms with van der Waals surface area (Å²) in [4.78, 5) is 12.1. The van der Waals surface area contributed by atoms with Crippen molar-refractivity contribution in [1.82, 2.24) is 15.0 Å². The maximum Gasteiger partial charge on any atom is 0.181 e. The first-order valence-corrected chi connectivity index (χ1v) is 3.86. The second-order valence-electron chi connectivity index (χ2n) is 2.75. The van der Waals surface area contributed by atoms with E-state index in [1.165, 1.54) is 12.7 Å². The summed E-state index contributed by atoms with van der Waals surface area (Å²) < 4.78 is 5.15. The Morgan fingerprint density at radius 1 is 1.08 bits per heavy atom. The minimum atomic E-state index is 0.756. The Kier molecular flexibility index (Phi) is 1.14. The van der Waals surface area contributed by atoms with Gasteiger partial charge in [0.05, 0.1) is 5.52 Å². The monoisotopic (exact) mass is 171 g/mol. The van der Waals surface area contributed by atoms with Crippen molar-refractivity contribution in [3.8, 4) is 0 Å². The number of aromatic nitrogens is 3. The van der Waals surface area contributed by atoms with E-state index in [1.54, 1.807) is 6.20 Å². The fraction of sp³-hybridized carbons (Fsp3) is 0. The highest BCUT2D eigenvalue weighted by Crippen LogP contribution is 2.18. The van der Waals surface area contributed by atoms with E-state index in [0.717, 1.165) is 22.0 Å².